The van der Waals surface area contributed by atoms with E-state index in [0.717, 1.165) is 44.0 Å². The lowest BCUT2D eigenvalue weighted by Gasteiger charge is -2.23. The molecule has 1 aliphatic rings. The summed E-state index contributed by atoms with van der Waals surface area (Å²) in [5, 5.41) is 20.1. The van der Waals surface area contributed by atoms with Crippen molar-refractivity contribution in [3.63, 3.8) is 0 Å². The zero-order chi connectivity index (χ0) is 33.2. The molecule has 0 spiro atoms. The van der Waals surface area contributed by atoms with Crippen molar-refractivity contribution in [1.29, 1.82) is 0 Å². The summed E-state index contributed by atoms with van der Waals surface area (Å²) in [5.74, 6) is 1.08. The van der Waals surface area contributed by atoms with Gasteiger partial charge in [0, 0.05) is 35.9 Å². The lowest BCUT2D eigenvalue weighted by Crippen LogP contribution is -2.41. The van der Waals surface area contributed by atoms with Crippen molar-refractivity contribution >= 4 is 34.1 Å². The number of aromatic nitrogens is 1. The Labute approximate surface area is 278 Å². The molecule has 1 saturated heterocycles. The van der Waals surface area contributed by atoms with Gasteiger partial charge >= 0.3 is 0 Å². The number of pyridine rings is 1. The fraction of sp³-hybridized carbons (Fsp3) is 0.371. The number of piperidine rings is 1. The highest BCUT2D eigenvalue weighted by Gasteiger charge is 2.19. The molecule has 1 fully saturated rings. The molecule has 0 aliphatic carbocycles. The number of carbonyl (C=O) groups excluding carboxylic acids is 1. The van der Waals surface area contributed by atoms with Gasteiger partial charge in [-0.25, -0.2) is 4.39 Å². The topological polar surface area (TPSA) is 123 Å². The minimum Gasteiger partial charge on any atom is -0.493 e. The van der Waals surface area contributed by atoms with Gasteiger partial charge < -0.3 is 34.7 Å². The third-order valence-corrected chi connectivity index (χ3v) is 8.09. The Hall–Kier alpha value is -4.16. The second kappa shape index (κ2) is 16.6. The Morgan fingerprint density at radius 2 is 1.85 bits per heavy atom. The van der Waals surface area contributed by atoms with Crippen LogP contribution < -0.4 is 34.9 Å². The average Bonchev–Trinajstić information content (AvgIpc) is 3.08. The summed E-state index contributed by atoms with van der Waals surface area (Å²) in [7, 11) is 1.56. The predicted molar refractivity (Wildman–Crippen MR) is 179 cm³/mol. The quantitative estimate of drug-likeness (QED) is 0.112. The lowest BCUT2D eigenvalue weighted by molar-refractivity contribution is -0.125. The van der Waals surface area contributed by atoms with Crippen molar-refractivity contribution in [3.05, 3.63) is 77.2 Å². The first kappa shape index (κ1) is 34.2. The number of benzene rings is 3. The van der Waals surface area contributed by atoms with Crippen LogP contribution in [0.15, 0.2) is 60.8 Å². The predicted octanol–water partition coefficient (Wildman–Crippen LogP) is 6.08. The van der Waals surface area contributed by atoms with E-state index in [-0.39, 0.29) is 11.4 Å². The van der Waals surface area contributed by atoms with E-state index in [1.165, 1.54) is 12.1 Å². The van der Waals surface area contributed by atoms with Crippen molar-refractivity contribution in [2.45, 2.75) is 38.8 Å². The van der Waals surface area contributed by atoms with Gasteiger partial charge in [-0.3, -0.25) is 15.1 Å². The highest BCUT2D eigenvalue weighted by molar-refractivity contribution is 6.32. The summed E-state index contributed by atoms with van der Waals surface area (Å²) in [4.78, 5) is 17.0. The van der Waals surface area contributed by atoms with E-state index in [9.17, 15) is 9.90 Å². The number of nitrogens with zero attached hydrogens (tertiary/aromatic N) is 1. The third-order valence-electron chi connectivity index (χ3n) is 7.80. The molecule has 5 rings (SSSR count). The second-order valence-electron chi connectivity index (χ2n) is 11.3. The highest BCUT2D eigenvalue weighted by Crippen LogP contribution is 2.38. The molecule has 0 radical (unpaired) electrons. The smallest absolute Gasteiger partial charge is 0.268 e. The maximum atomic E-state index is 15.2. The maximum Gasteiger partial charge on any atom is 0.268 e. The molecule has 0 saturated carbocycles. The van der Waals surface area contributed by atoms with E-state index in [2.05, 4.69) is 20.9 Å². The second-order valence-corrected chi connectivity index (χ2v) is 11.7. The highest BCUT2D eigenvalue weighted by atomic mass is 35.5. The Morgan fingerprint density at radius 3 is 2.60 bits per heavy atom. The van der Waals surface area contributed by atoms with Gasteiger partial charge in [0.05, 0.1) is 30.9 Å². The average molecular weight is 667 g/mol. The number of anilines is 1. The molecular weight excluding hydrogens is 627 g/mol. The normalized spacial score (nSPS) is 14.1. The van der Waals surface area contributed by atoms with Crippen molar-refractivity contribution in [3.8, 4) is 28.7 Å². The molecule has 4 aromatic rings. The molecule has 4 N–H and O–H groups in total. The van der Waals surface area contributed by atoms with Gasteiger partial charge in [-0.1, -0.05) is 24.6 Å². The molecule has 1 aliphatic heterocycles. The zero-order valence-corrected chi connectivity index (χ0v) is 27.2. The minimum atomic E-state index is -1.51. The molecule has 3 aromatic carbocycles. The van der Waals surface area contributed by atoms with Crippen molar-refractivity contribution in [2.75, 3.05) is 45.3 Å². The summed E-state index contributed by atoms with van der Waals surface area (Å²) >= 11 is 6.28. The van der Waals surface area contributed by atoms with Crippen LogP contribution in [-0.2, 0) is 11.2 Å². The molecule has 12 heteroatoms. The van der Waals surface area contributed by atoms with E-state index in [0.29, 0.717) is 71.0 Å². The molecule has 1 atom stereocenters. The number of amides is 1. The molecule has 250 valence electrons. The third kappa shape index (κ3) is 9.23. The molecule has 1 unspecified atom stereocenters. The van der Waals surface area contributed by atoms with Gasteiger partial charge in [-0.2, -0.15) is 0 Å². The first-order chi connectivity index (χ1) is 22.8. The number of rotatable bonds is 15. The number of aliphatic hydroxyl groups is 1. The van der Waals surface area contributed by atoms with Crippen molar-refractivity contribution in [1.82, 2.24) is 15.6 Å². The van der Waals surface area contributed by atoms with Crippen LogP contribution in [0.5, 0.6) is 28.7 Å². The Balaban J connectivity index is 1.17. The van der Waals surface area contributed by atoms with Crippen LogP contribution in [-0.4, -0.2) is 62.2 Å². The number of fused-ring (bicyclic) bond motifs is 1. The van der Waals surface area contributed by atoms with Crippen LogP contribution in [0.2, 0.25) is 5.02 Å². The Bertz CT molecular complexity index is 1670. The molecule has 0 bridgehead atoms. The number of hydrogen-bond acceptors (Lipinski definition) is 9. The van der Waals surface area contributed by atoms with E-state index < -0.39 is 18.0 Å². The van der Waals surface area contributed by atoms with Crippen molar-refractivity contribution in [2.24, 2.45) is 5.92 Å². The van der Waals surface area contributed by atoms with Crippen LogP contribution in [0.4, 0.5) is 10.1 Å². The number of halogens is 2. The standard InChI is InChI=1S/C35H40ClFN4O6/c1-3-16-45-30-6-4-22(17-26(30)36)10-14-40-34(42)35(43)41-24-5-7-31(27(37)18-24)47-29-11-15-39-28-20-33(32(44-2)19-25(28)29)46-21-23-8-12-38-13-9-23/h4-7,11,15,17-20,23,34,38,40,42H,3,8-10,12-14,16,21H2,1-2H3,(H,41,43). The van der Waals surface area contributed by atoms with Crippen LogP contribution in [0.3, 0.4) is 0 Å². The monoisotopic (exact) mass is 666 g/mol. The van der Waals surface area contributed by atoms with Gasteiger partial charge in [0.15, 0.2) is 29.3 Å². The summed E-state index contributed by atoms with van der Waals surface area (Å²) in [5.41, 5.74) is 1.68. The largest absolute Gasteiger partial charge is 0.493 e. The number of hydrogen-bond donors (Lipinski definition) is 4. The fourth-order valence-corrected chi connectivity index (χ4v) is 5.47. The zero-order valence-electron chi connectivity index (χ0n) is 26.5. The summed E-state index contributed by atoms with van der Waals surface area (Å²) in [6.45, 7) is 5.45. The van der Waals surface area contributed by atoms with Gasteiger partial charge in [-0.15, -0.1) is 0 Å². The number of carbonyl (C=O) groups is 1. The van der Waals surface area contributed by atoms with E-state index in [1.807, 2.05) is 13.0 Å². The minimum absolute atomic E-state index is 0.0517. The molecule has 47 heavy (non-hydrogen) atoms. The molecule has 2 heterocycles. The van der Waals surface area contributed by atoms with Crippen LogP contribution >= 0.6 is 11.6 Å². The molecule has 1 amide bonds. The van der Waals surface area contributed by atoms with E-state index in [4.69, 9.17) is 30.5 Å². The first-order valence-electron chi connectivity index (χ1n) is 15.8. The Morgan fingerprint density at radius 1 is 1.04 bits per heavy atom. The van der Waals surface area contributed by atoms with Gasteiger partial charge in [0.2, 0.25) is 0 Å². The molecular formula is C35H40ClFN4O6. The molecule has 1 aromatic heterocycles. The van der Waals surface area contributed by atoms with Crippen LogP contribution in [0.25, 0.3) is 10.9 Å². The SMILES string of the molecule is CCCOc1ccc(CCNC(O)C(=O)Nc2ccc(Oc3ccnc4cc(OCC5CCNCC5)c(OC)cc34)c(F)c2)cc1Cl. The maximum absolute atomic E-state index is 15.2. The number of aliphatic hydroxyl groups excluding tert-OH is 1. The van der Waals surface area contributed by atoms with Gasteiger partial charge in [0.1, 0.15) is 11.5 Å². The Kier molecular flexibility index (Phi) is 12.1. The van der Waals surface area contributed by atoms with Crippen LogP contribution in [0.1, 0.15) is 31.7 Å². The number of ether oxygens (including phenoxy) is 4. The van der Waals surface area contributed by atoms with E-state index in [1.54, 1.807) is 43.6 Å². The van der Waals surface area contributed by atoms with Gasteiger partial charge in [0.25, 0.3) is 5.91 Å². The summed E-state index contributed by atoms with van der Waals surface area (Å²) < 4.78 is 38.4. The molecule has 10 nitrogen and oxygen atoms in total. The van der Waals surface area contributed by atoms with Crippen LogP contribution in [0, 0.1) is 11.7 Å². The summed E-state index contributed by atoms with van der Waals surface area (Å²) in [6, 6.07) is 14.7. The van der Waals surface area contributed by atoms with Crippen molar-refractivity contribution < 1.29 is 33.2 Å². The number of nitrogens with one attached hydrogen (secondary N) is 3. The fourth-order valence-electron chi connectivity index (χ4n) is 5.21. The van der Waals surface area contributed by atoms with Gasteiger partial charge in [-0.05, 0) is 86.7 Å². The summed E-state index contributed by atoms with van der Waals surface area (Å²) in [6.07, 6.45) is 3.57. The number of methoxy groups -OCH3 is 1. The first-order valence-corrected chi connectivity index (χ1v) is 16.1. The van der Waals surface area contributed by atoms with E-state index >= 15 is 4.39 Å². The lowest BCUT2D eigenvalue weighted by atomic mass is 9.99.